The SMILES string of the molecule is Cc1cc2ncc3c(n2n1)CC1CCC3N1C(=O)c1ccc2c(c1)OCO2. The molecule has 27 heavy (non-hydrogen) atoms. The zero-order valence-electron chi connectivity index (χ0n) is 14.9. The lowest BCUT2D eigenvalue weighted by Gasteiger charge is -2.36. The topological polar surface area (TPSA) is 69.0 Å². The van der Waals surface area contributed by atoms with Crippen molar-refractivity contribution >= 4 is 11.6 Å². The van der Waals surface area contributed by atoms with Gasteiger partial charge in [-0.05, 0) is 38.0 Å². The molecular formula is C20H18N4O3. The van der Waals surface area contributed by atoms with Crippen LogP contribution >= 0.6 is 0 Å². The third-order valence-electron chi connectivity index (χ3n) is 5.88. The van der Waals surface area contributed by atoms with Gasteiger partial charge < -0.3 is 14.4 Å². The number of aryl methyl sites for hydroxylation is 1. The molecule has 2 bridgehead atoms. The third kappa shape index (κ3) is 2.05. The number of fused-ring (bicyclic) bond motifs is 7. The van der Waals surface area contributed by atoms with Gasteiger partial charge in [0.25, 0.3) is 5.91 Å². The molecule has 6 rings (SSSR count). The molecule has 0 spiro atoms. The van der Waals surface area contributed by atoms with Crippen molar-refractivity contribution in [2.24, 2.45) is 0 Å². The second-order valence-electron chi connectivity index (χ2n) is 7.45. The summed E-state index contributed by atoms with van der Waals surface area (Å²) in [6, 6.07) is 7.66. The highest BCUT2D eigenvalue weighted by Crippen LogP contribution is 2.44. The van der Waals surface area contributed by atoms with E-state index in [2.05, 4.69) is 10.1 Å². The van der Waals surface area contributed by atoms with Gasteiger partial charge in [0.15, 0.2) is 17.1 Å². The van der Waals surface area contributed by atoms with E-state index >= 15 is 0 Å². The summed E-state index contributed by atoms with van der Waals surface area (Å²) >= 11 is 0. The molecule has 1 saturated heterocycles. The molecule has 3 aromatic rings. The fourth-order valence-corrected chi connectivity index (χ4v) is 4.69. The van der Waals surface area contributed by atoms with Gasteiger partial charge in [-0.2, -0.15) is 5.10 Å². The Hall–Kier alpha value is -3.09. The van der Waals surface area contributed by atoms with E-state index in [1.54, 1.807) is 6.07 Å². The van der Waals surface area contributed by atoms with Gasteiger partial charge in [-0.1, -0.05) is 0 Å². The number of aromatic nitrogens is 3. The molecule has 2 unspecified atom stereocenters. The van der Waals surface area contributed by atoms with Crippen LogP contribution in [0.3, 0.4) is 0 Å². The Kier molecular flexibility index (Phi) is 2.90. The summed E-state index contributed by atoms with van der Waals surface area (Å²) in [6.07, 6.45) is 4.69. The number of nitrogens with zero attached hydrogens (tertiary/aromatic N) is 4. The normalized spacial score (nSPS) is 22.3. The molecule has 136 valence electrons. The first-order valence-electron chi connectivity index (χ1n) is 9.25. The van der Waals surface area contributed by atoms with Crippen molar-refractivity contribution < 1.29 is 14.3 Å². The number of hydrogen-bond donors (Lipinski definition) is 0. The second kappa shape index (κ2) is 5.22. The van der Waals surface area contributed by atoms with Crippen LogP contribution in [-0.2, 0) is 6.42 Å². The van der Waals surface area contributed by atoms with E-state index in [0.29, 0.717) is 17.1 Å². The van der Waals surface area contributed by atoms with Crippen LogP contribution in [0.15, 0.2) is 30.5 Å². The van der Waals surface area contributed by atoms with E-state index in [4.69, 9.17) is 9.47 Å². The van der Waals surface area contributed by atoms with Crippen LogP contribution in [0, 0.1) is 6.92 Å². The van der Waals surface area contributed by atoms with Crippen molar-refractivity contribution in [3.05, 3.63) is 53.0 Å². The summed E-state index contributed by atoms with van der Waals surface area (Å²) in [5.41, 5.74) is 4.79. The molecule has 0 saturated carbocycles. The van der Waals surface area contributed by atoms with Crippen molar-refractivity contribution in [3.8, 4) is 11.5 Å². The lowest BCUT2D eigenvalue weighted by atomic mass is 9.98. The summed E-state index contributed by atoms with van der Waals surface area (Å²) in [5.74, 6) is 1.38. The summed E-state index contributed by atoms with van der Waals surface area (Å²) < 4.78 is 12.8. The van der Waals surface area contributed by atoms with Crippen molar-refractivity contribution in [2.75, 3.05) is 6.79 Å². The van der Waals surface area contributed by atoms with Gasteiger partial charge in [-0.15, -0.1) is 0 Å². The largest absolute Gasteiger partial charge is 0.454 e. The first-order valence-corrected chi connectivity index (χ1v) is 9.25. The van der Waals surface area contributed by atoms with Gasteiger partial charge in [0.05, 0.1) is 17.4 Å². The smallest absolute Gasteiger partial charge is 0.254 e. The van der Waals surface area contributed by atoms with Gasteiger partial charge in [-0.3, -0.25) is 4.79 Å². The maximum absolute atomic E-state index is 13.3. The highest BCUT2D eigenvalue weighted by atomic mass is 16.7. The number of ether oxygens (including phenoxy) is 2. The molecule has 7 heteroatoms. The molecule has 2 atom stereocenters. The average molecular weight is 362 g/mol. The lowest BCUT2D eigenvalue weighted by Crippen LogP contribution is -2.42. The molecule has 0 aliphatic carbocycles. The lowest BCUT2D eigenvalue weighted by molar-refractivity contribution is 0.0642. The van der Waals surface area contributed by atoms with Gasteiger partial charge in [0.2, 0.25) is 6.79 Å². The average Bonchev–Trinajstić information content (AvgIpc) is 3.36. The van der Waals surface area contributed by atoms with Gasteiger partial charge in [0, 0.05) is 35.9 Å². The summed E-state index contributed by atoms with van der Waals surface area (Å²) in [7, 11) is 0. The Balaban J connectivity index is 1.41. The highest BCUT2D eigenvalue weighted by molar-refractivity contribution is 5.96. The van der Waals surface area contributed by atoms with Crippen molar-refractivity contribution in [1.82, 2.24) is 19.5 Å². The van der Waals surface area contributed by atoms with E-state index < -0.39 is 0 Å². The van der Waals surface area contributed by atoms with E-state index in [1.807, 2.05) is 40.7 Å². The fourth-order valence-electron chi connectivity index (χ4n) is 4.69. The third-order valence-corrected chi connectivity index (χ3v) is 5.88. The summed E-state index contributed by atoms with van der Waals surface area (Å²) in [5, 5.41) is 4.61. The Morgan fingerprint density at radius 3 is 3.00 bits per heavy atom. The zero-order chi connectivity index (χ0) is 18.1. The van der Waals surface area contributed by atoms with Crippen LogP contribution < -0.4 is 9.47 Å². The van der Waals surface area contributed by atoms with E-state index in [-0.39, 0.29) is 24.8 Å². The zero-order valence-corrected chi connectivity index (χ0v) is 14.9. The molecule has 2 aromatic heterocycles. The van der Waals surface area contributed by atoms with Crippen molar-refractivity contribution in [2.45, 2.75) is 38.3 Å². The van der Waals surface area contributed by atoms with Crippen LogP contribution in [-0.4, -0.2) is 38.2 Å². The molecular weight excluding hydrogens is 344 g/mol. The minimum atomic E-state index is 0.0446. The number of hydrogen-bond acceptors (Lipinski definition) is 5. The van der Waals surface area contributed by atoms with E-state index in [1.165, 1.54) is 5.69 Å². The maximum Gasteiger partial charge on any atom is 0.254 e. The second-order valence-corrected chi connectivity index (χ2v) is 7.45. The predicted molar refractivity (Wildman–Crippen MR) is 95.9 cm³/mol. The Morgan fingerprint density at radius 2 is 2.07 bits per heavy atom. The monoisotopic (exact) mass is 362 g/mol. The summed E-state index contributed by atoms with van der Waals surface area (Å²) in [4.78, 5) is 19.9. The number of amides is 1. The fraction of sp³-hybridized carbons (Fsp3) is 0.350. The molecule has 1 aromatic carbocycles. The summed E-state index contributed by atoms with van der Waals surface area (Å²) in [6.45, 7) is 2.19. The number of carbonyl (C=O) groups is 1. The highest BCUT2D eigenvalue weighted by Gasteiger charge is 2.44. The molecule has 3 aliphatic heterocycles. The minimum Gasteiger partial charge on any atom is -0.454 e. The van der Waals surface area contributed by atoms with Crippen LogP contribution in [0.25, 0.3) is 5.65 Å². The van der Waals surface area contributed by atoms with Crippen molar-refractivity contribution in [1.29, 1.82) is 0 Å². The van der Waals surface area contributed by atoms with Gasteiger partial charge in [0.1, 0.15) is 0 Å². The number of rotatable bonds is 1. The van der Waals surface area contributed by atoms with Crippen LogP contribution in [0.1, 0.15) is 46.2 Å². The number of carbonyl (C=O) groups excluding carboxylic acids is 1. The first-order chi connectivity index (χ1) is 13.2. The Bertz CT molecular complexity index is 1110. The standard InChI is InChI=1S/C20H18N4O3/c1-11-6-19-21-9-14-15-4-3-13(8-16(14)24(19)22-11)23(15)20(25)12-2-5-17-18(7-12)27-10-26-17/h2,5-7,9,13,15H,3-4,8,10H2,1H3. The molecule has 3 aliphatic rings. The molecule has 1 amide bonds. The van der Waals surface area contributed by atoms with Crippen LogP contribution in [0.2, 0.25) is 0 Å². The quantitative estimate of drug-likeness (QED) is 0.666. The van der Waals surface area contributed by atoms with E-state index in [0.717, 1.165) is 36.2 Å². The van der Waals surface area contributed by atoms with Crippen molar-refractivity contribution in [3.63, 3.8) is 0 Å². The molecule has 7 nitrogen and oxygen atoms in total. The van der Waals surface area contributed by atoms with E-state index in [9.17, 15) is 4.79 Å². The Morgan fingerprint density at radius 1 is 1.19 bits per heavy atom. The van der Waals surface area contributed by atoms with Crippen LogP contribution in [0.4, 0.5) is 0 Å². The molecule has 5 heterocycles. The maximum atomic E-state index is 13.3. The van der Waals surface area contributed by atoms with Gasteiger partial charge >= 0.3 is 0 Å². The minimum absolute atomic E-state index is 0.0446. The van der Waals surface area contributed by atoms with Gasteiger partial charge in [-0.25, -0.2) is 9.50 Å². The predicted octanol–water partition coefficient (Wildman–Crippen LogP) is 2.67. The first kappa shape index (κ1) is 15.0. The molecule has 0 radical (unpaired) electrons. The Labute approximate surface area is 155 Å². The molecule has 0 N–H and O–H groups in total. The van der Waals surface area contributed by atoms with Crippen LogP contribution in [0.5, 0.6) is 11.5 Å². The molecule has 1 fully saturated rings. The number of benzene rings is 1.